The van der Waals surface area contributed by atoms with E-state index in [1.165, 1.54) is 11.1 Å². The van der Waals surface area contributed by atoms with Gasteiger partial charge in [0, 0.05) is 38.6 Å². The molecule has 4 nitrogen and oxygen atoms in total. The van der Waals surface area contributed by atoms with Crippen molar-refractivity contribution in [3.63, 3.8) is 0 Å². The third-order valence-electron chi connectivity index (χ3n) is 4.42. The van der Waals surface area contributed by atoms with Gasteiger partial charge in [-0.05, 0) is 30.5 Å². The van der Waals surface area contributed by atoms with Crippen molar-refractivity contribution >= 4 is 5.91 Å². The Balaban J connectivity index is 1.72. The largest absolute Gasteiger partial charge is 0.344 e. The van der Waals surface area contributed by atoms with Crippen LogP contribution in [0.1, 0.15) is 36.4 Å². The zero-order valence-corrected chi connectivity index (χ0v) is 12.1. The lowest BCUT2D eigenvalue weighted by Gasteiger charge is -2.33. The molecule has 3 rings (SSSR count). The monoisotopic (exact) mass is 273 g/mol. The minimum Gasteiger partial charge on any atom is -0.344 e. The smallest absolute Gasteiger partial charge is 0.222 e. The van der Waals surface area contributed by atoms with Crippen LogP contribution in [0, 0.1) is 0 Å². The molecule has 2 aliphatic heterocycles. The van der Waals surface area contributed by atoms with Crippen molar-refractivity contribution in [3.8, 4) is 0 Å². The Bertz CT molecular complexity index is 488. The lowest BCUT2D eigenvalue weighted by atomic mass is 9.97. The number of likely N-dealkylation sites (N-methyl/N-ethyl adjacent to an activating group) is 1. The van der Waals surface area contributed by atoms with Gasteiger partial charge < -0.3 is 15.5 Å². The van der Waals surface area contributed by atoms with Gasteiger partial charge in [0.05, 0.1) is 0 Å². The fourth-order valence-corrected chi connectivity index (χ4v) is 3.27. The molecule has 2 aliphatic rings. The standard InChI is InChI=1S/C16H23N3O/c1-19-11-13(6-7-16(19)20)18-15-8-9-17-10-12-4-2-3-5-14(12)15/h2-5,13,15,17-18H,6-11H2,1H3. The second-order valence-electron chi connectivity index (χ2n) is 5.89. The summed E-state index contributed by atoms with van der Waals surface area (Å²) < 4.78 is 0. The molecule has 1 saturated heterocycles. The van der Waals surface area contributed by atoms with E-state index >= 15 is 0 Å². The summed E-state index contributed by atoms with van der Waals surface area (Å²) in [6.45, 7) is 2.82. The van der Waals surface area contributed by atoms with Crippen molar-refractivity contribution in [2.45, 2.75) is 37.9 Å². The van der Waals surface area contributed by atoms with Gasteiger partial charge in [0.15, 0.2) is 0 Å². The molecular formula is C16H23N3O. The molecule has 108 valence electrons. The maximum absolute atomic E-state index is 11.6. The first-order valence-electron chi connectivity index (χ1n) is 7.52. The van der Waals surface area contributed by atoms with Crippen molar-refractivity contribution in [2.24, 2.45) is 0 Å². The van der Waals surface area contributed by atoms with Crippen LogP contribution >= 0.6 is 0 Å². The molecule has 2 unspecified atom stereocenters. The summed E-state index contributed by atoms with van der Waals surface area (Å²) in [5, 5.41) is 7.25. The van der Waals surface area contributed by atoms with Crippen LogP contribution in [-0.4, -0.2) is 37.0 Å². The van der Waals surface area contributed by atoms with Crippen molar-refractivity contribution in [3.05, 3.63) is 35.4 Å². The molecule has 0 radical (unpaired) electrons. The fourth-order valence-electron chi connectivity index (χ4n) is 3.27. The van der Waals surface area contributed by atoms with Gasteiger partial charge in [0.25, 0.3) is 0 Å². The number of benzene rings is 1. The average molecular weight is 273 g/mol. The fraction of sp³-hybridized carbons (Fsp3) is 0.562. The van der Waals surface area contributed by atoms with Crippen LogP contribution in [0.4, 0.5) is 0 Å². The van der Waals surface area contributed by atoms with Gasteiger partial charge in [0.2, 0.25) is 5.91 Å². The van der Waals surface area contributed by atoms with Gasteiger partial charge in [-0.1, -0.05) is 24.3 Å². The predicted octanol–water partition coefficient (Wildman–Crippen LogP) is 1.43. The Morgan fingerprint density at radius 2 is 2.15 bits per heavy atom. The van der Waals surface area contributed by atoms with Crippen LogP contribution in [0.3, 0.4) is 0 Å². The van der Waals surface area contributed by atoms with Crippen LogP contribution in [0.15, 0.2) is 24.3 Å². The minimum atomic E-state index is 0.269. The second-order valence-corrected chi connectivity index (χ2v) is 5.89. The molecule has 4 heteroatoms. The molecule has 1 aromatic carbocycles. The Morgan fingerprint density at radius 1 is 1.30 bits per heavy atom. The van der Waals surface area contributed by atoms with Crippen LogP contribution in [0.2, 0.25) is 0 Å². The Labute approximate surface area is 120 Å². The summed E-state index contributed by atoms with van der Waals surface area (Å²) in [5.74, 6) is 0.269. The van der Waals surface area contributed by atoms with E-state index in [0.717, 1.165) is 32.5 Å². The molecule has 0 aliphatic carbocycles. The van der Waals surface area contributed by atoms with Crippen molar-refractivity contribution in [1.29, 1.82) is 0 Å². The quantitative estimate of drug-likeness (QED) is 0.857. The molecule has 2 atom stereocenters. The summed E-state index contributed by atoms with van der Waals surface area (Å²) in [6.07, 6.45) is 2.72. The summed E-state index contributed by atoms with van der Waals surface area (Å²) >= 11 is 0. The number of nitrogens with one attached hydrogen (secondary N) is 2. The number of piperidine rings is 1. The number of carbonyl (C=O) groups excluding carboxylic acids is 1. The van der Waals surface area contributed by atoms with E-state index in [9.17, 15) is 4.79 Å². The molecular weight excluding hydrogens is 250 g/mol. The average Bonchev–Trinajstić information content (AvgIpc) is 2.66. The van der Waals surface area contributed by atoms with Crippen LogP contribution in [0.5, 0.6) is 0 Å². The zero-order chi connectivity index (χ0) is 13.9. The van der Waals surface area contributed by atoms with E-state index in [-0.39, 0.29) is 5.91 Å². The number of carbonyl (C=O) groups is 1. The minimum absolute atomic E-state index is 0.269. The summed E-state index contributed by atoms with van der Waals surface area (Å²) in [5.41, 5.74) is 2.81. The van der Waals surface area contributed by atoms with E-state index in [0.29, 0.717) is 18.5 Å². The second kappa shape index (κ2) is 5.94. The topological polar surface area (TPSA) is 44.4 Å². The van der Waals surface area contributed by atoms with Crippen LogP contribution < -0.4 is 10.6 Å². The van der Waals surface area contributed by atoms with Crippen LogP contribution in [0.25, 0.3) is 0 Å². The highest BCUT2D eigenvalue weighted by molar-refractivity contribution is 5.76. The third-order valence-corrected chi connectivity index (χ3v) is 4.42. The number of rotatable bonds is 2. The van der Waals surface area contributed by atoms with Crippen molar-refractivity contribution in [1.82, 2.24) is 15.5 Å². The molecule has 2 heterocycles. The Hall–Kier alpha value is -1.39. The Morgan fingerprint density at radius 3 is 3.00 bits per heavy atom. The number of fused-ring (bicyclic) bond motifs is 1. The van der Waals surface area contributed by atoms with Gasteiger partial charge >= 0.3 is 0 Å². The number of nitrogens with zero attached hydrogens (tertiary/aromatic N) is 1. The molecule has 1 amide bonds. The lowest BCUT2D eigenvalue weighted by molar-refractivity contribution is -0.132. The summed E-state index contributed by atoms with van der Waals surface area (Å²) in [7, 11) is 1.90. The van der Waals surface area contributed by atoms with E-state index in [4.69, 9.17) is 0 Å². The molecule has 0 aromatic heterocycles. The normalized spacial score (nSPS) is 27.1. The molecule has 0 saturated carbocycles. The summed E-state index contributed by atoms with van der Waals surface area (Å²) in [4.78, 5) is 13.4. The van der Waals surface area contributed by atoms with Gasteiger partial charge in [-0.2, -0.15) is 0 Å². The molecule has 1 aromatic rings. The molecule has 0 bridgehead atoms. The highest BCUT2D eigenvalue weighted by Gasteiger charge is 2.26. The highest BCUT2D eigenvalue weighted by atomic mass is 16.2. The molecule has 1 fully saturated rings. The zero-order valence-electron chi connectivity index (χ0n) is 12.1. The Kier molecular flexibility index (Phi) is 4.03. The number of hydrogen-bond donors (Lipinski definition) is 2. The number of amides is 1. The van der Waals surface area contributed by atoms with E-state index in [1.54, 1.807) is 0 Å². The summed E-state index contributed by atoms with van der Waals surface area (Å²) in [6, 6.07) is 9.48. The lowest BCUT2D eigenvalue weighted by Crippen LogP contribution is -2.47. The van der Waals surface area contributed by atoms with Crippen molar-refractivity contribution in [2.75, 3.05) is 20.1 Å². The maximum atomic E-state index is 11.6. The third kappa shape index (κ3) is 2.86. The SMILES string of the molecule is CN1CC(NC2CCNCc3ccccc32)CCC1=O. The number of likely N-dealkylation sites (tertiary alicyclic amines) is 1. The van der Waals surface area contributed by atoms with Crippen molar-refractivity contribution < 1.29 is 4.79 Å². The van der Waals surface area contributed by atoms with E-state index in [2.05, 4.69) is 34.9 Å². The van der Waals surface area contributed by atoms with Gasteiger partial charge in [-0.25, -0.2) is 0 Å². The molecule has 0 spiro atoms. The highest BCUT2D eigenvalue weighted by Crippen LogP contribution is 2.25. The van der Waals surface area contributed by atoms with Gasteiger partial charge in [0.1, 0.15) is 0 Å². The first-order valence-corrected chi connectivity index (χ1v) is 7.52. The predicted molar refractivity (Wildman–Crippen MR) is 79.3 cm³/mol. The number of hydrogen-bond acceptors (Lipinski definition) is 3. The first-order chi connectivity index (χ1) is 9.74. The molecule has 20 heavy (non-hydrogen) atoms. The first kappa shape index (κ1) is 13.6. The van der Waals surface area contributed by atoms with Crippen LogP contribution in [-0.2, 0) is 11.3 Å². The maximum Gasteiger partial charge on any atom is 0.222 e. The van der Waals surface area contributed by atoms with E-state index in [1.807, 2.05) is 11.9 Å². The van der Waals surface area contributed by atoms with Gasteiger partial charge in [-0.3, -0.25) is 4.79 Å². The van der Waals surface area contributed by atoms with E-state index < -0.39 is 0 Å². The van der Waals surface area contributed by atoms with Gasteiger partial charge in [-0.15, -0.1) is 0 Å². The molecule has 2 N–H and O–H groups in total.